The maximum absolute atomic E-state index is 5.28. The molecule has 1 saturated carbocycles. The highest BCUT2D eigenvalue weighted by Crippen LogP contribution is 2.27. The molecule has 54 valence electrons. The van der Waals surface area contributed by atoms with Gasteiger partial charge in [-0.3, -0.25) is 0 Å². The van der Waals surface area contributed by atoms with Crippen molar-refractivity contribution in [1.82, 2.24) is 0 Å². The molecule has 0 N–H and O–H groups in total. The Morgan fingerprint density at radius 3 is 2.67 bits per heavy atom. The Morgan fingerprint density at radius 2 is 2.11 bits per heavy atom. The Morgan fingerprint density at radius 1 is 1.44 bits per heavy atom. The lowest BCUT2D eigenvalue weighted by Gasteiger charge is -2.05. The van der Waals surface area contributed by atoms with E-state index >= 15 is 0 Å². The first kappa shape index (κ1) is 7.50. The zero-order valence-corrected chi connectivity index (χ0v) is 9.64. The monoisotopic (exact) mass is 160 g/mol. The summed E-state index contributed by atoms with van der Waals surface area (Å²) in [6, 6.07) is 1.46. The van der Waals surface area contributed by atoms with Gasteiger partial charge in [-0.25, -0.2) is 0 Å². The lowest BCUT2D eigenvalue weighted by Crippen LogP contribution is -2.01. The zero-order chi connectivity index (χ0) is 6.53. The minimum absolute atomic E-state index is 0.0460. The van der Waals surface area contributed by atoms with Gasteiger partial charge in [0.2, 0.25) is 0 Å². The molecule has 0 saturated heterocycles. The van der Waals surface area contributed by atoms with Crippen LogP contribution in [0, 0.1) is 5.92 Å². The molecule has 0 aromatic heterocycles. The second-order valence-electron chi connectivity index (χ2n) is 2.93. The van der Waals surface area contributed by atoms with Gasteiger partial charge in [0.05, 0.1) is 0 Å². The first-order chi connectivity index (χ1) is 4.43. The molecule has 0 spiro atoms. The topological polar surface area (TPSA) is 9.23 Å². The standard InChI is InChI=1S/C6H16OSi2/c8-7-9-5-6-3-1-2-4-6/h6H,1-5,9H2,8H3. The van der Waals surface area contributed by atoms with Gasteiger partial charge in [0, 0.05) is 0 Å². The predicted molar refractivity (Wildman–Crippen MR) is 46.3 cm³/mol. The molecule has 0 unspecified atom stereocenters. The Hall–Kier alpha value is 0.394. The van der Waals surface area contributed by atoms with Gasteiger partial charge >= 0.3 is 0 Å². The van der Waals surface area contributed by atoms with E-state index < -0.39 is 0 Å². The second kappa shape index (κ2) is 4.25. The fourth-order valence-electron chi connectivity index (χ4n) is 1.58. The highest BCUT2D eigenvalue weighted by Gasteiger charge is 2.13. The Kier molecular flexibility index (Phi) is 3.54. The van der Waals surface area contributed by atoms with Crippen LogP contribution in [0.4, 0.5) is 0 Å². The Labute approximate surface area is 62.7 Å². The molecule has 0 aromatic rings. The summed E-state index contributed by atoms with van der Waals surface area (Å²) in [7, 11) is 0.936. The molecule has 0 heterocycles. The first-order valence-electron chi connectivity index (χ1n) is 3.92. The largest absolute Gasteiger partial charge is 0.468 e. The maximum Gasteiger partial charge on any atom is 0.146 e. The van der Waals surface area contributed by atoms with E-state index in [4.69, 9.17) is 4.12 Å². The Bertz CT molecular complexity index is 71.5. The van der Waals surface area contributed by atoms with E-state index in [1.165, 1.54) is 31.7 Å². The third kappa shape index (κ3) is 2.64. The molecular formula is C6H16OSi2. The van der Waals surface area contributed by atoms with E-state index in [-0.39, 0.29) is 9.76 Å². The van der Waals surface area contributed by atoms with Crippen LogP contribution in [0.3, 0.4) is 0 Å². The predicted octanol–water partition coefficient (Wildman–Crippen LogP) is -0.0243. The van der Waals surface area contributed by atoms with Crippen molar-refractivity contribution in [2.45, 2.75) is 31.7 Å². The van der Waals surface area contributed by atoms with Gasteiger partial charge in [-0.2, -0.15) is 0 Å². The summed E-state index contributed by atoms with van der Waals surface area (Å²) < 4.78 is 5.28. The van der Waals surface area contributed by atoms with Gasteiger partial charge in [0.1, 0.15) is 20.2 Å². The average molecular weight is 160 g/mol. The molecule has 1 fully saturated rings. The summed E-state index contributed by atoms with van der Waals surface area (Å²) in [5, 5.41) is 0. The molecule has 0 atom stereocenters. The van der Waals surface area contributed by atoms with Crippen LogP contribution in [0.15, 0.2) is 0 Å². The molecule has 1 aliphatic carbocycles. The van der Waals surface area contributed by atoms with Crippen molar-refractivity contribution in [3.63, 3.8) is 0 Å². The lowest BCUT2D eigenvalue weighted by atomic mass is 10.1. The molecule has 3 heteroatoms. The molecule has 0 aromatic carbocycles. The molecular weight excluding hydrogens is 144 g/mol. The fraction of sp³-hybridized carbons (Fsp3) is 1.00. The van der Waals surface area contributed by atoms with E-state index in [0.717, 1.165) is 16.4 Å². The quantitative estimate of drug-likeness (QED) is 0.527. The van der Waals surface area contributed by atoms with E-state index in [1.807, 2.05) is 0 Å². The maximum atomic E-state index is 5.28. The summed E-state index contributed by atoms with van der Waals surface area (Å²) in [5.41, 5.74) is 0. The molecule has 1 aliphatic rings. The van der Waals surface area contributed by atoms with E-state index in [1.54, 1.807) is 0 Å². The summed E-state index contributed by atoms with van der Waals surface area (Å²) in [5.74, 6) is 1.07. The van der Waals surface area contributed by atoms with Gasteiger partial charge in [0.25, 0.3) is 0 Å². The summed E-state index contributed by atoms with van der Waals surface area (Å²) in [6.45, 7) is 0. The molecule has 1 rings (SSSR count). The highest BCUT2D eigenvalue weighted by atomic mass is 28.3. The molecule has 0 aliphatic heterocycles. The highest BCUT2D eigenvalue weighted by molar-refractivity contribution is 6.34. The molecule has 0 radical (unpaired) electrons. The lowest BCUT2D eigenvalue weighted by molar-refractivity contribution is 0.570. The molecule has 1 nitrogen and oxygen atoms in total. The van der Waals surface area contributed by atoms with Crippen molar-refractivity contribution in [3.05, 3.63) is 0 Å². The minimum Gasteiger partial charge on any atom is -0.468 e. The average Bonchev–Trinajstić information content (AvgIpc) is 2.34. The van der Waals surface area contributed by atoms with E-state index in [2.05, 4.69) is 0 Å². The van der Waals surface area contributed by atoms with Crippen molar-refractivity contribution < 1.29 is 4.12 Å². The second-order valence-corrected chi connectivity index (χ2v) is 6.23. The van der Waals surface area contributed by atoms with Gasteiger partial charge in [-0.15, -0.1) is 0 Å². The van der Waals surface area contributed by atoms with Gasteiger partial charge in [-0.1, -0.05) is 25.7 Å². The SMILES string of the molecule is [SiH3]O[SiH2]CC1CCCC1. The third-order valence-corrected chi connectivity index (χ3v) is 4.89. The number of hydrogen-bond acceptors (Lipinski definition) is 1. The van der Waals surface area contributed by atoms with Crippen molar-refractivity contribution in [2.24, 2.45) is 5.92 Å². The van der Waals surface area contributed by atoms with E-state index in [9.17, 15) is 0 Å². The van der Waals surface area contributed by atoms with Gasteiger partial charge < -0.3 is 4.12 Å². The molecule has 9 heavy (non-hydrogen) atoms. The summed E-state index contributed by atoms with van der Waals surface area (Å²) in [6.07, 6.45) is 5.97. The van der Waals surface area contributed by atoms with Crippen LogP contribution in [0.2, 0.25) is 6.04 Å². The van der Waals surface area contributed by atoms with Crippen LogP contribution in [-0.4, -0.2) is 20.2 Å². The number of hydrogen-bond donors (Lipinski definition) is 0. The fourth-order valence-corrected chi connectivity index (χ4v) is 3.44. The van der Waals surface area contributed by atoms with Crippen molar-refractivity contribution in [2.75, 3.05) is 0 Å². The molecule has 0 amide bonds. The smallest absolute Gasteiger partial charge is 0.146 e. The van der Waals surface area contributed by atoms with Crippen LogP contribution < -0.4 is 0 Å². The van der Waals surface area contributed by atoms with Crippen LogP contribution >= 0.6 is 0 Å². The van der Waals surface area contributed by atoms with Crippen molar-refractivity contribution >= 4 is 20.2 Å². The zero-order valence-electron chi connectivity index (χ0n) is 6.23. The van der Waals surface area contributed by atoms with Crippen LogP contribution in [0.5, 0.6) is 0 Å². The first-order valence-corrected chi connectivity index (χ1v) is 6.32. The number of rotatable bonds is 3. The molecule has 0 bridgehead atoms. The van der Waals surface area contributed by atoms with Crippen molar-refractivity contribution in [3.8, 4) is 0 Å². The third-order valence-electron chi connectivity index (χ3n) is 2.20. The van der Waals surface area contributed by atoms with Crippen LogP contribution in [0.1, 0.15) is 25.7 Å². The van der Waals surface area contributed by atoms with Crippen molar-refractivity contribution in [1.29, 1.82) is 0 Å². The minimum atomic E-state index is -0.0460. The van der Waals surface area contributed by atoms with E-state index in [0.29, 0.717) is 0 Å². The van der Waals surface area contributed by atoms with Gasteiger partial charge in [-0.05, 0) is 12.0 Å². The normalized spacial score (nSPS) is 22.7. The Balaban J connectivity index is 1.98. The summed E-state index contributed by atoms with van der Waals surface area (Å²) in [4.78, 5) is 0. The van der Waals surface area contributed by atoms with Crippen LogP contribution in [-0.2, 0) is 4.12 Å². The summed E-state index contributed by atoms with van der Waals surface area (Å²) >= 11 is 0. The van der Waals surface area contributed by atoms with Gasteiger partial charge in [0.15, 0.2) is 0 Å². The van der Waals surface area contributed by atoms with Crippen LogP contribution in [0.25, 0.3) is 0 Å².